The minimum atomic E-state index is -0.954. The second-order valence-corrected chi connectivity index (χ2v) is 2.51. The first-order valence-corrected chi connectivity index (χ1v) is 3.49. The molecule has 0 radical (unpaired) electrons. The summed E-state index contributed by atoms with van der Waals surface area (Å²) < 4.78 is 0. The van der Waals surface area contributed by atoms with Crippen LogP contribution in [0.2, 0.25) is 0 Å². The Morgan fingerprint density at radius 3 is 1.53 bits per heavy atom. The van der Waals surface area contributed by atoms with Gasteiger partial charge in [0.15, 0.2) is 5.69 Å². The SMILES string of the molecule is Nc1nc(N)c([N+](=O)[O-])c(N)c1[N+](=O)[O-]. The van der Waals surface area contributed by atoms with Crippen molar-refractivity contribution in [3.05, 3.63) is 20.2 Å². The van der Waals surface area contributed by atoms with Gasteiger partial charge in [0.05, 0.1) is 9.85 Å². The summed E-state index contributed by atoms with van der Waals surface area (Å²) in [6.45, 7) is 0. The zero-order valence-electron chi connectivity index (χ0n) is 7.21. The number of hydrogen-bond acceptors (Lipinski definition) is 8. The van der Waals surface area contributed by atoms with E-state index in [0.717, 1.165) is 0 Å². The molecule has 1 aromatic rings. The van der Waals surface area contributed by atoms with Gasteiger partial charge in [-0.25, -0.2) is 4.98 Å². The summed E-state index contributed by atoms with van der Waals surface area (Å²) >= 11 is 0. The highest BCUT2D eigenvalue weighted by atomic mass is 16.6. The molecule has 1 aromatic heterocycles. The molecule has 0 aliphatic carbocycles. The Kier molecular flexibility index (Phi) is 2.26. The van der Waals surface area contributed by atoms with Gasteiger partial charge in [-0.3, -0.25) is 20.2 Å². The molecule has 0 atom stereocenters. The van der Waals surface area contributed by atoms with Crippen LogP contribution in [0, 0.1) is 20.2 Å². The summed E-state index contributed by atoms with van der Waals surface area (Å²) in [6.07, 6.45) is 0. The van der Waals surface area contributed by atoms with Gasteiger partial charge < -0.3 is 17.2 Å². The molecule has 0 fully saturated rings. The molecule has 6 N–H and O–H groups in total. The normalized spacial score (nSPS) is 9.87. The monoisotopic (exact) mass is 214 g/mol. The third kappa shape index (κ3) is 1.54. The van der Waals surface area contributed by atoms with Crippen LogP contribution in [-0.4, -0.2) is 14.8 Å². The van der Waals surface area contributed by atoms with E-state index in [1.54, 1.807) is 0 Å². The highest BCUT2D eigenvalue weighted by Gasteiger charge is 2.30. The topological polar surface area (TPSA) is 177 Å². The van der Waals surface area contributed by atoms with E-state index >= 15 is 0 Å². The number of nitro groups is 2. The van der Waals surface area contributed by atoms with Crippen LogP contribution in [0.1, 0.15) is 0 Å². The molecule has 0 aliphatic heterocycles. The number of rotatable bonds is 2. The Hall–Kier alpha value is -2.65. The van der Waals surface area contributed by atoms with Crippen LogP contribution in [-0.2, 0) is 0 Å². The smallest absolute Gasteiger partial charge is 0.341 e. The minimum absolute atomic E-state index is 0.555. The lowest BCUT2D eigenvalue weighted by atomic mass is 10.3. The first kappa shape index (κ1) is 10.4. The molecule has 0 amide bonds. The first-order chi connectivity index (χ1) is 6.86. The van der Waals surface area contributed by atoms with Crippen molar-refractivity contribution in [2.45, 2.75) is 0 Å². The van der Waals surface area contributed by atoms with Crippen molar-refractivity contribution in [2.24, 2.45) is 0 Å². The van der Waals surface area contributed by atoms with Gasteiger partial charge in [-0.15, -0.1) is 0 Å². The van der Waals surface area contributed by atoms with E-state index in [1.807, 2.05) is 0 Å². The van der Waals surface area contributed by atoms with Gasteiger partial charge in [0.25, 0.3) is 0 Å². The summed E-state index contributed by atoms with van der Waals surface area (Å²) in [4.78, 5) is 22.3. The molecule has 10 nitrogen and oxygen atoms in total. The molecule has 10 heteroatoms. The molecule has 0 bridgehead atoms. The van der Waals surface area contributed by atoms with Gasteiger partial charge in [-0.2, -0.15) is 0 Å². The van der Waals surface area contributed by atoms with Gasteiger partial charge in [-0.05, 0) is 0 Å². The van der Waals surface area contributed by atoms with Crippen molar-refractivity contribution in [1.82, 2.24) is 4.98 Å². The van der Waals surface area contributed by atoms with Crippen LogP contribution < -0.4 is 17.2 Å². The number of anilines is 3. The number of hydrogen-bond donors (Lipinski definition) is 3. The van der Waals surface area contributed by atoms with E-state index in [0.29, 0.717) is 0 Å². The predicted molar refractivity (Wildman–Crippen MR) is 50.8 cm³/mol. The number of aromatic nitrogens is 1. The van der Waals surface area contributed by atoms with Gasteiger partial charge in [0.1, 0.15) is 0 Å². The third-order valence-corrected chi connectivity index (χ3v) is 1.60. The summed E-state index contributed by atoms with van der Waals surface area (Å²) in [5, 5.41) is 20.9. The lowest BCUT2D eigenvalue weighted by Crippen LogP contribution is -2.09. The van der Waals surface area contributed by atoms with Crippen molar-refractivity contribution in [2.75, 3.05) is 17.2 Å². The second kappa shape index (κ2) is 3.25. The highest BCUT2D eigenvalue weighted by Crippen LogP contribution is 2.38. The molecule has 0 spiro atoms. The Balaban J connectivity index is 3.64. The molecule has 0 saturated carbocycles. The van der Waals surface area contributed by atoms with Gasteiger partial charge >= 0.3 is 11.4 Å². The van der Waals surface area contributed by atoms with E-state index < -0.39 is 38.5 Å². The van der Waals surface area contributed by atoms with E-state index in [4.69, 9.17) is 17.2 Å². The quantitative estimate of drug-likeness (QED) is 0.441. The Morgan fingerprint density at radius 1 is 0.933 bits per heavy atom. The van der Waals surface area contributed by atoms with Crippen LogP contribution in [0.4, 0.5) is 28.7 Å². The van der Waals surface area contributed by atoms with Crippen molar-refractivity contribution < 1.29 is 9.85 Å². The fraction of sp³-hybridized carbons (Fsp3) is 0. The van der Waals surface area contributed by atoms with Crippen LogP contribution in [0.25, 0.3) is 0 Å². The maximum atomic E-state index is 10.5. The van der Waals surface area contributed by atoms with Crippen LogP contribution >= 0.6 is 0 Å². The molecule has 0 aromatic carbocycles. The molecule has 15 heavy (non-hydrogen) atoms. The Bertz CT molecular complexity index is 419. The van der Waals surface area contributed by atoms with E-state index in [1.165, 1.54) is 0 Å². The fourth-order valence-electron chi connectivity index (χ4n) is 1.01. The zero-order valence-corrected chi connectivity index (χ0v) is 7.21. The van der Waals surface area contributed by atoms with Crippen LogP contribution in [0.15, 0.2) is 0 Å². The number of nitrogen functional groups attached to an aromatic ring is 3. The lowest BCUT2D eigenvalue weighted by Gasteiger charge is -2.03. The summed E-state index contributed by atoms with van der Waals surface area (Å²) in [6, 6.07) is 0. The summed E-state index contributed by atoms with van der Waals surface area (Å²) in [5.41, 5.74) is 13.2. The molecular weight excluding hydrogens is 208 g/mol. The molecule has 0 aliphatic rings. The number of nitrogens with two attached hydrogens (primary N) is 3. The maximum absolute atomic E-state index is 10.5. The molecule has 1 rings (SSSR count). The van der Waals surface area contributed by atoms with E-state index in [-0.39, 0.29) is 0 Å². The third-order valence-electron chi connectivity index (χ3n) is 1.60. The van der Waals surface area contributed by atoms with E-state index in [9.17, 15) is 20.2 Å². The van der Waals surface area contributed by atoms with Crippen LogP contribution in [0.5, 0.6) is 0 Å². The summed E-state index contributed by atoms with van der Waals surface area (Å²) in [7, 11) is 0. The molecule has 1 heterocycles. The van der Waals surface area contributed by atoms with Crippen molar-refractivity contribution in [3.63, 3.8) is 0 Å². The largest absolute Gasteiger partial charge is 0.387 e. The number of nitrogens with zero attached hydrogens (tertiary/aromatic N) is 3. The Morgan fingerprint density at radius 2 is 1.27 bits per heavy atom. The number of pyridine rings is 1. The molecule has 0 saturated heterocycles. The molecular formula is C5H6N6O4. The van der Waals surface area contributed by atoms with Crippen molar-refractivity contribution in [3.8, 4) is 0 Å². The summed E-state index contributed by atoms with van der Waals surface area (Å²) in [5.74, 6) is -1.11. The highest BCUT2D eigenvalue weighted by molar-refractivity contribution is 5.83. The minimum Gasteiger partial charge on any atom is -0.387 e. The van der Waals surface area contributed by atoms with Crippen LogP contribution in [0.3, 0.4) is 0 Å². The van der Waals surface area contributed by atoms with Gasteiger partial charge in [0.2, 0.25) is 11.6 Å². The average molecular weight is 214 g/mol. The second-order valence-electron chi connectivity index (χ2n) is 2.51. The van der Waals surface area contributed by atoms with Gasteiger partial charge in [0, 0.05) is 0 Å². The average Bonchev–Trinajstić information content (AvgIpc) is 1.99. The van der Waals surface area contributed by atoms with E-state index in [2.05, 4.69) is 4.98 Å². The molecule has 0 unspecified atom stereocenters. The maximum Gasteiger partial charge on any atom is 0.341 e. The van der Waals surface area contributed by atoms with Crippen molar-refractivity contribution >= 4 is 28.7 Å². The Labute approximate surface area is 82.0 Å². The van der Waals surface area contributed by atoms with Crippen molar-refractivity contribution in [1.29, 1.82) is 0 Å². The zero-order chi connectivity index (χ0) is 11.7. The first-order valence-electron chi connectivity index (χ1n) is 3.49. The lowest BCUT2D eigenvalue weighted by molar-refractivity contribution is -0.391. The predicted octanol–water partition coefficient (Wildman–Crippen LogP) is -0.355. The fourth-order valence-corrected chi connectivity index (χ4v) is 1.01. The molecule has 80 valence electrons. The standard InChI is InChI=1S/C5H6N6O4/c6-1-2(10(12)13)4(7)9-5(8)3(1)11(14)15/h(H6,6,7,8,9). The van der Waals surface area contributed by atoms with Gasteiger partial charge in [-0.1, -0.05) is 0 Å².